The molecule has 150 valence electrons. The fourth-order valence-electron chi connectivity index (χ4n) is 4.56. The van der Waals surface area contributed by atoms with Gasteiger partial charge in [0, 0.05) is 28.7 Å². The zero-order valence-electron chi connectivity index (χ0n) is 17.2. The Bertz CT molecular complexity index is 1220. The average Bonchev–Trinajstić information content (AvgIpc) is 3.17. The fraction of sp³-hybridized carbons (Fsp3) is 0.192. The molecule has 1 amide bonds. The summed E-state index contributed by atoms with van der Waals surface area (Å²) in [6.45, 7) is 2.67. The molecule has 5 rings (SSSR count). The number of aromatic nitrogens is 1. The molecular weight excluding hydrogens is 372 g/mol. The molecule has 1 aliphatic heterocycles. The lowest BCUT2D eigenvalue weighted by Gasteiger charge is -2.36. The third-order valence-electron chi connectivity index (χ3n) is 6.10. The predicted molar refractivity (Wildman–Crippen MR) is 119 cm³/mol. The van der Waals surface area contributed by atoms with E-state index in [0.29, 0.717) is 6.54 Å². The van der Waals surface area contributed by atoms with Crippen molar-refractivity contribution in [3.63, 3.8) is 0 Å². The van der Waals surface area contributed by atoms with Crippen LogP contribution in [0.3, 0.4) is 0 Å². The van der Waals surface area contributed by atoms with Crippen LogP contribution in [0.15, 0.2) is 72.8 Å². The standard InChI is InChI=1S/C26H24N2O2/c1-17-7-3-4-8-20(17)26(29)28-16-15-22-21-9-5-6-10-23(21)27-24(22)25(28)18-11-13-19(30-2)14-12-18/h3-14,25,27H,15-16H2,1-2H3. The number of aryl methyl sites for hydroxylation is 1. The van der Waals surface area contributed by atoms with Crippen LogP contribution in [0.4, 0.5) is 0 Å². The Balaban J connectivity index is 1.66. The SMILES string of the molecule is COc1ccc(C2c3[nH]c4ccccc4c3CCN2C(=O)c2ccccc2C)cc1. The Morgan fingerprint density at radius 1 is 1.00 bits per heavy atom. The number of ether oxygens (including phenoxy) is 1. The number of amides is 1. The van der Waals surface area contributed by atoms with Gasteiger partial charge in [-0.2, -0.15) is 0 Å². The molecular formula is C26H24N2O2. The van der Waals surface area contributed by atoms with E-state index in [1.54, 1.807) is 7.11 Å². The quantitative estimate of drug-likeness (QED) is 0.513. The second-order valence-corrected chi connectivity index (χ2v) is 7.80. The molecule has 30 heavy (non-hydrogen) atoms. The molecule has 1 unspecified atom stereocenters. The average molecular weight is 396 g/mol. The van der Waals surface area contributed by atoms with Crippen molar-refractivity contribution in [2.45, 2.75) is 19.4 Å². The summed E-state index contributed by atoms with van der Waals surface area (Å²) >= 11 is 0. The van der Waals surface area contributed by atoms with E-state index in [-0.39, 0.29) is 11.9 Å². The van der Waals surface area contributed by atoms with Crippen LogP contribution < -0.4 is 4.74 Å². The number of para-hydroxylation sites is 1. The van der Waals surface area contributed by atoms with Crippen molar-refractivity contribution in [1.29, 1.82) is 0 Å². The predicted octanol–water partition coefficient (Wildman–Crippen LogP) is 5.27. The van der Waals surface area contributed by atoms with Crippen molar-refractivity contribution in [1.82, 2.24) is 9.88 Å². The van der Waals surface area contributed by atoms with Crippen molar-refractivity contribution < 1.29 is 9.53 Å². The van der Waals surface area contributed by atoms with Crippen molar-refractivity contribution in [2.75, 3.05) is 13.7 Å². The summed E-state index contributed by atoms with van der Waals surface area (Å²) in [6.07, 6.45) is 0.837. The normalized spacial score (nSPS) is 15.8. The molecule has 3 aromatic carbocycles. The third kappa shape index (κ3) is 2.96. The van der Waals surface area contributed by atoms with Gasteiger partial charge in [-0.1, -0.05) is 48.5 Å². The summed E-state index contributed by atoms with van der Waals surface area (Å²) < 4.78 is 5.34. The first-order valence-electron chi connectivity index (χ1n) is 10.3. The van der Waals surface area contributed by atoms with Crippen LogP contribution in [0.5, 0.6) is 5.75 Å². The Kier molecular flexibility index (Phi) is 4.55. The molecule has 0 radical (unpaired) electrons. The number of carbonyl (C=O) groups is 1. The van der Waals surface area contributed by atoms with Gasteiger partial charge in [0.15, 0.2) is 0 Å². The van der Waals surface area contributed by atoms with Crippen LogP contribution in [0.25, 0.3) is 10.9 Å². The van der Waals surface area contributed by atoms with Crippen molar-refractivity contribution in [3.8, 4) is 5.75 Å². The van der Waals surface area contributed by atoms with Crippen molar-refractivity contribution in [3.05, 3.63) is 101 Å². The first-order chi connectivity index (χ1) is 14.7. The summed E-state index contributed by atoms with van der Waals surface area (Å²) in [6, 6.07) is 24.1. The maximum absolute atomic E-state index is 13.6. The molecule has 2 heterocycles. The van der Waals surface area contributed by atoms with E-state index in [9.17, 15) is 4.79 Å². The van der Waals surface area contributed by atoms with Crippen LogP contribution >= 0.6 is 0 Å². The molecule has 1 aliphatic rings. The zero-order valence-corrected chi connectivity index (χ0v) is 17.2. The minimum absolute atomic E-state index is 0.0678. The van der Waals surface area contributed by atoms with Gasteiger partial charge < -0.3 is 14.6 Å². The summed E-state index contributed by atoms with van der Waals surface area (Å²) in [5.41, 5.74) is 6.36. The van der Waals surface area contributed by atoms with E-state index in [1.807, 2.05) is 54.3 Å². The molecule has 0 aliphatic carbocycles. The number of hydrogen-bond acceptors (Lipinski definition) is 2. The summed E-state index contributed by atoms with van der Waals surface area (Å²) in [7, 11) is 1.67. The number of carbonyl (C=O) groups excluding carboxylic acids is 1. The molecule has 0 spiro atoms. The first-order valence-corrected chi connectivity index (χ1v) is 10.3. The molecule has 1 atom stereocenters. The van der Waals surface area contributed by atoms with Crippen LogP contribution in [-0.2, 0) is 6.42 Å². The lowest BCUT2D eigenvalue weighted by atomic mass is 9.91. The number of methoxy groups -OCH3 is 1. The Morgan fingerprint density at radius 2 is 1.73 bits per heavy atom. The summed E-state index contributed by atoms with van der Waals surface area (Å²) in [5.74, 6) is 0.876. The lowest BCUT2D eigenvalue weighted by molar-refractivity contribution is 0.0691. The van der Waals surface area contributed by atoms with Crippen LogP contribution in [0, 0.1) is 6.92 Å². The first kappa shape index (κ1) is 18.5. The number of nitrogens with zero attached hydrogens (tertiary/aromatic N) is 1. The number of rotatable bonds is 3. The van der Waals surface area contributed by atoms with Crippen LogP contribution in [-0.4, -0.2) is 29.4 Å². The van der Waals surface area contributed by atoms with Gasteiger partial charge in [-0.25, -0.2) is 0 Å². The highest BCUT2D eigenvalue weighted by molar-refractivity contribution is 5.97. The van der Waals surface area contributed by atoms with E-state index in [0.717, 1.165) is 40.1 Å². The van der Waals surface area contributed by atoms with Gasteiger partial charge in [0.1, 0.15) is 5.75 Å². The number of benzene rings is 3. The maximum Gasteiger partial charge on any atom is 0.254 e. The number of nitrogens with one attached hydrogen (secondary N) is 1. The Morgan fingerprint density at radius 3 is 2.50 bits per heavy atom. The minimum atomic E-state index is -0.167. The van der Waals surface area contributed by atoms with Crippen molar-refractivity contribution in [2.24, 2.45) is 0 Å². The molecule has 0 fully saturated rings. The highest BCUT2D eigenvalue weighted by atomic mass is 16.5. The van der Waals surface area contributed by atoms with Crippen LogP contribution in [0.1, 0.15) is 38.8 Å². The summed E-state index contributed by atoms with van der Waals surface area (Å²) in [5, 5.41) is 1.24. The second-order valence-electron chi connectivity index (χ2n) is 7.80. The molecule has 4 heteroatoms. The highest BCUT2D eigenvalue weighted by Gasteiger charge is 2.35. The van der Waals surface area contributed by atoms with Gasteiger partial charge in [0.25, 0.3) is 5.91 Å². The van der Waals surface area contributed by atoms with Crippen molar-refractivity contribution >= 4 is 16.8 Å². The van der Waals surface area contributed by atoms with E-state index in [2.05, 4.69) is 35.3 Å². The summed E-state index contributed by atoms with van der Waals surface area (Å²) in [4.78, 5) is 19.3. The Hall–Kier alpha value is -3.53. The number of fused-ring (bicyclic) bond motifs is 3. The minimum Gasteiger partial charge on any atom is -0.497 e. The van der Waals surface area contributed by atoms with Gasteiger partial charge in [-0.05, 0) is 54.3 Å². The van der Waals surface area contributed by atoms with Gasteiger partial charge in [0.05, 0.1) is 13.2 Å². The monoisotopic (exact) mass is 396 g/mol. The number of hydrogen-bond donors (Lipinski definition) is 1. The molecule has 1 N–H and O–H groups in total. The van der Waals surface area contributed by atoms with E-state index in [1.165, 1.54) is 10.9 Å². The smallest absolute Gasteiger partial charge is 0.254 e. The van der Waals surface area contributed by atoms with Gasteiger partial charge in [-0.15, -0.1) is 0 Å². The molecule has 4 nitrogen and oxygen atoms in total. The van der Waals surface area contributed by atoms with Gasteiger partial charge >= 0.3 is 0 Å². The second kappa shape index (κ2) is 7.38. The van der Waals surface area contributed by atoms with Gasteiger partial charge in [-0.3, -0.25) is 4.79 Å². The van der Waals surface area contributed by atoms with E-state index >= 15 is 0 Å². The van der Waals surface area contributed by atoms with E-state index in [4.69, 9.17) is 4.74 Å². The topological polar surface area (TPSA) is 45.3 Å². The Labute approximate surface area is 176 Å². The fourth-order valence-corrected chi connectivity index (χ4v) is 4.56. The number of H-pyrrole nitrogens is 1. The zero-order chi connectivity index (χ0) is 20.7. The molecule has 0 saturated heterocycles. The van der Waals surface area contributed by atoms with Gasteiger partial charge in [0.2, 0.25) is 0 Å². The molecule has 0 bridgehead atoms. The largest absolute Gasteiger partial charge is 0.497 e. The molecule has 1 aromatic heterocycles. The molecule has 0 saturated carbocycles. The lowest BCUT2D eigenvalue weighted by Crippen LogP contribution is -2.40. The highest BCUT2D eigenvalue weighted by Crippen LogP contribution is 2.39. The van der Waals surface area contributed by atoms with Crippen LogP contribution in [0.2, 0.25) is 0 Å². The number of aromatic amines is 1. The van der Waals surface area contributed by atoms with E-state index < -0.39 is 0 Å². The third-order valence-corrected chi connectivity index (χ3v) is 6.10. The molecule has 4 aromatic rings. The maximum atomic E-state index is 13.6.